The summed E-state index contributed by atoms with van der Waals surface area (Å²) >= 11 is 0. The molecule has 3 aliphatic heterocycles. The monoisotopic (exact) mass is 880 g/mol. The molecule has 19 N–H and O–H groups in total. The quantitative estimate of drug-likeness (QED) is 0.0399. The van der Waals surface area contributed by atoms with E-state index in [1.165, 1.54) is 70.6 Å². The third-order valence-corrected chi connectivity index (χ3v) is 12.7. The van der Waals surface area contributed by atoms with E-state index in [0.717, 1.165) is 19.3 Å². The number of amides is 1. The van der Waals surface area contributed by atoms with Gasteiger partial charge in [-0.2, -0.15) is 0 Å². The minimum atomic E-state index is -1.61. The van der Waals surface area contributed by atoms with Crippen molar-refractivity contribution >= 4 is 5.91 Å². The summed E-state index contributed by atoms with van der Waals surface area (Å²) < 4.78 is 36.2. The number of rotatable bonds is 26. The van der Waals surface area contributed by atoms with Crippen LogP contribution in [0.25, 0.3) is 0 Å². The second-order valence-corrected chi connectivity index (χ2v) is 17.6. The van der Waals surface area contributed by atoms with E-state index in [1.54, 1.807) is 0 Å². The molecule has 0 aromatic carbocycles. The molecule has 0 aromatic rings. The van der Waals surface area contributed by atoms with E-state index in [0.29, 0.717) is 6.42 Å². The average molecular weight is 880 g/mol. The predicted molar refractivity (Wildman–Crippen MR) is 224 cm³/mol. The molecule has 1 saturated carbocycles. The first kappa shape index (κ1) is 52.4. The van der Waals surface area contributed by atoms with Crippen LogP contribution < -0.4 is 39.7 Å². The third kappa shape index (κ3) is 14.9. The number of carbonyl (C=O) groups excluding carboxylic acids is 1. The fourth-order valence-corrected chi connectivity index (χ4v) is 8.72. The molecule has 0 spiro atoms. The second-order valence-electron chi connectivity index (χ2n) is 17.6. The van der Waals surface area contributed by atoms with Gasteiger partial charge in [0, 0.05) is 38.1 Å². The van der Waals surface area contributed by atoms with Gasteiger partial charge in [0.15, 0.2) is 18.9 Å². The standard InChI is InChI=1S/C41H81N7O13/c1-2-3-4-5-6-7-8-9-10-11-12-13-14-15-16-17-27(49)48-21-26-37(60-40-29(47)34(54)32(52)25(20-43)57-40)35(55)41(58-26)61-38-30(50)22(44)18-23(45)36(38)59-39-28(46)33(53)31(51)24(19-42)56-39/h22-26,28-41,50-55H,2-21,42-47H2,1H3,(H,48,49)/t22-,23+,24-,25+,26-,28-,29-,30+,31-,32-,33-,34-,35-,36-,37-,38-,39-,40-,41+/m1/s1. The molecule has 1 amide bonds. The maximum Gasteiger partial charge on any atom is 0.220 e. The lowest BCUT2D eigenvalue weighted by Crippen LogP contribution is -2.68. The lowest BCUT2D eigenvalue weighted by molar-refractivity contribution is -0.306. The molecular weight excluding hydrogens is 798 g/mol. The molecular formula is C41H81N7O13. The van der Waals surface area contributed by atoms with Crippen LogP contribution in [0, 0.1) is 0 Å². The van der Waals surface area contributed by atoms with Crippen molar-refractivity contribution in [1.82, 2.24) is 5.32 Å². The van der Waals surface area contributed by atoms with Crippen molar-refractivity contribution in [2.24, 2.45) is 34.4 Å². The van der Waals surface area contributed by atoms with Gasteiger partial charge in [-0.1, -0.05) is 96.8 Å². The Bertz CT molecular complexity index is 1230. The van der Waals surface area contributed by atoms with Crippen molar-refractivity contribution in [1.29, 1.82) is 0 Å². The van der Waals surface area contributed by atoms with Crippen LogP contribution in [0.1, 0.15) is 116 Å². The van der Waals surface area contributed by atoms with Crippen molar-refractivity contribution in [3.63, 3.8) is 0 Å². The van der Waals surface area contributed by atoms with E-state index in [1.807, 2.05) is 0 Å². The number of hydrogen-bond acceptors (Lipinski definition) is 19. The highest BCUT2D eigenvalue weighted by molar-refractivity contribution is 5.75. The van der Waals surface area contributed by atoms with Gasteiger partial charge in [-0.15, -0.1) is 0 Å². The number of ether oxygens (including phenoxy) is 6. The fraction of sp³-hybridized carbons (Fsp3) is 0.976. The van der Waals surface area contributed by atoms with Crippen molar-refractivity contribution in [3.05, 3.63) is 0 Å². The zero-order chi connectivity index (χ0) is 44.6. The molecule has 20 nitrogen and oxygen atoms in total. The van der Waals surface area contributed by atoms with Crippen molar-refractivity contribution in [2.45, 2.75) is 232 Å². The summed E-state index contributed by atoms with van der Waals surface area (Å²) in [5.41, 5.74) is 36.6. The Morgan fingerprint density at radius 1 is 0.525 bits per heavy atom. The molecule has 0 radical (unpaired) electrons. The molecule has 358 valence electrons. The van der Waals surface area contributed by atoms with Crippen molar-refractivity contribution in [2.75, 3.05) is 19.6 Å². The van der Waals surface area contributed by atoms with Gasteiger partial charge in [-0.3, -0.25) is 4.79 Å². The molecule has 4 rings (SSSR count). The molecule has 4 fully saturated rings. The Kier molecular flexibility index (Phi) is 22.9. The van der Waals surface area contributed by atoms with Crippen LogP contribution in [0.15, 0.2) is 0 Å². The van der Waals surface area contributed by atoms with E-state index in [2.05, 4.69) is 12.2 Å². The molecule has 20 heteroatoms. The number of nitrogens with one attached hydrogen (secondary N) is 1. The number of unbranched alkanes of at least 4 members (excludes halogenated alkanes) is 14. The molecule has 3 heterocycles. The molecule has 0 unspecified atom stereocenters. The van der Waals surface area contributed by atoms with Gasteiger partial charge in [-0.05, 0) is 12.8 Å². The van der Waals surface area contributed by atoms with E-state index in [-0.39, 0.29) is 38.4 Å². The zero-order valence-electron chi connectivity index (χ0n) is 36.1. The Balaban J connectivity index is 1.34. The highest BCUT2D eigenvalue weighted by Gasteiger charge is 2.54. The lowest BCUT2D eigenvalue weighted by atomic mass is 9.84. The summed E-state index contributed by atoms with van der Waals surface area (Å²) in [7, 11) is 0. The SMILES string of the molecule is CCCCCCCCCCCCCCCCCC(=O)NC[C@H]1O[C@@H](O[C@@H]2[C@@H](O)[C@H](N)C[C@H](N)[C@H]2O[C@H]2O[C@H](CN)[C@@H](O)[C@H](O)[C@H]2N)[C@H](O)[C@@H]1O[C@H]1O[C@@H](CN)[C@@H](O)[C@H](O)[C@H]1N. The Morgan fingerprint density at radius 2 is 0.951 bits per heavy atom. The van der Waals surface area contributed by atoms with Gasteiger partial charge in [0.25, 0.3) is 0 Å². The smallest absolute Gasteiger partial charge is 0.220 e. The van der Waals surface area contributed by atoms with Gasteiger partial charge in [0.2, 0.25) is 5.91 Å². The zero-order valence-corrected chi connectivity index (χ0v) is 36.1. The molecule has 19 atom stereocenters. The third-order valence-electron chi connectivity index (χ3n) is 12.7. The van der Waals surface area contributed by atoms with Gasteiger partial charge in [0.05, 0.1) is 18.2 Å². The summed E-state index contributed by atoms with van der Waals surface area (Å²) in [5.74, 6) is -0.233. The van der Waals surface area contributed by atoms with Crippen LogP contribution in [-0.2, 0) is 33.2 Å². The lowest BCUT2D eigenvalue weighted by Gasteiger charge is -2.47. The molecule has 4 aliphatic rings. The van der Waals surface area contributed by atoms with Crippen LogP contribution in [0.3, 0.4) is 0 Å². The van der Waals surface area contributed by atoms with Crippen molar-refractivity contribution in [3.8, 4) is 0 Å². The summed E-state index contributed by atoms with van der Waals surface area (Å²) in [6, 6.07) is -4.25. The summed E-state index contributed by atoms with van der Waals surface area (Å²) in [6.45, 7) is 1.78. The molecule has 0 aromatic heterocycles. The first-order valence-corrected chi connectivity index (χ1v) is 22.9. The number of aliphatic hydroxyl groups is 6. The highest BCUT2D eigenvalue weighted by Crippen LogP contribution is 2.34. The van der Waals surface area contributed by atoms with Gasteiger partial charge in [0.1, 0.15) is 67.1 Å². The van der Waals surface area contributed by atoms with Crippen molar-refractivity contribution < 1.29 is 63.9 Å². The molecule has 0 bridgehead atoms. The molecule has 61 heavy (non-hydrogen) atoms. The van der Waals surface area contributed by atoms with E-state index >= 15 is 0 Å². The van der Waals surface area contributed by atoms with Gasteiger partial charge in [-0.25, -0.2) is 0 Å². The second kappa shape index (κ2) is 26.6. The van der Waals surface area contributed by atoms with E-state index in [4.69, 9.17) is 62.8 Å². The maximum absolute atomic E-state index is 13.0. The summed E-state index contributed by atoms with van der Waals surface area (Å²) in [4.78, 5) is 13.0. The van der Waals surface area contributed by atoms with Crippen LogP contribution >= 0.6 is 0 Å². The average Bonchev–Trinajstić information content (AvgIpc) is 3.53. The Labute approximate surface area is 361 Å². The number of nitrogens with two attached hydrogens (primary N) is 6. The normalized spacial score (nSPS) is 40.6. The van der Waals surface area contributed by atoms with Crippen LogP contribution in [0.2, 0.25) is 0 Å². The Hall–Kier alpha value is -1.25. The number of hydrogen-bond donors (Lipinski definition) is 13. The topological polar surface area (TPSA) is 362 Å². The van der Waals surface area contributed by atoms with Crippen LogP contribution in [-0.4, -0.2) is 172 Å². The summed E-state index contributed by atoms with van der Waals surface area (Å²) in [6.07, 6.45) is -1.42. The first-order valence-electron chi connectivity index (χ1n) is 22.9. The van der Waals surface area contributed by atoms with E-state index in [9.17, 15) is 35.4 Å². The predicted octanol–water partition coefficient (Wildman–Crippen LogP) is -2.51. The van der Waals surface area contributed by atoms with Gasteiger partial charge < -0.3 is 98.8 Å². The van der Waals surface area contributed by atoms with Gasteiger partial charge >= 0.3 is 0 Å². The molecule has 3 saturated heterocycles. The van der Waals surface area contributed by atoms with E-state index < -0.39 is 116 Å². The minimum Gasteiger partial charge on any atom is -0.389 e. The summed E-state index contributed by atoms with van der Waals surface area (Å²) in [5, 5.41) is 67.8. The number of aliphatic hydroxyl groups excluding tert-OH is 6. The number of carbonyl (C=O) groups is 1. The highest BCUT2D eigenvalue weighted by atomic mass is 16.8. The Morgan fingerprint density at radius 3 is 1.43 bits per heavy atom. The minimum absolute atomic E-state index is 0.0837. The first-order chi connectivity index (χ1) is 29.2. The van der Waals surface area contributed by atoms with Crippen LogP contribution in [0.5, 0.6) is 0 Å². The maximum atomic E-state index is 13.0. The molecule has 1 aliphatic carbocycles. The van der Waals surface area contributed by atoms with Crippen LogP contribution in [0.4, 0.5) is 0 Å². The fourth-order valence-electron chi connectivity index (χ4n) is 8.72. The largest absolute Gasteiger partial charge is 0.389 e.